The van der Waals surface area contributed by atoms with Crippen LogP contribution in [0.15, 0.2) is 30.6 Å². The molecule has 2 heterocycles. The summed E-state index contributed by atoms with van der Waals surface area (Å²) >= 11 is 0. The van der Waals surface area contributed by atoms with Gasteiger partial charge in [-0.05, 0) is 57.2 Å². The zero-order valence-corrected chi connectivity index (χ0v) is 18.7. The van der Waals surface area contributed by atoms with E-state index in [4.69, 9.17) is 4.74 Å². The van der Waals surface area contributed by atoms with Gasteiger partial charge in [0.1, 0.15) is 5.60 Å². The van der Waals surface area contributed by atoms with Crippen molar-refractivity contribution >= 4 is 6.09 Å². The van der Waals surface area contributed by atoms with Crippen LogP contribution in [0.1, 0.15) is 75.5 Å². The molecular formula is C23H30F3N3O2. The molecule has 3 rings (SSSR count). The maximum absolute atomic E-state index is 13.0. The maximum atomic E-state index is 13.0. The quantitative estimate of drug-likeness (QED) is 0.594. The Morgan fingerprint density at radius 1 is 1.16 bits per heavy atom. The van der Waals surface area contributed by atoms with Gasteiger partial charge in [-0.15, -0.1) is 0 Å². The number of imidazole rings is 1. The average molecular weight is 438 g/mol. The van der Waals surface area contributed by atoms with Gasteiger partial charge in [-0.2, -0.15) is 13.2 Å². The molecule has 31 heavy (non-hydrogen) atoms. The van der Waals surface area contributed by atoms with Crippen molar-refractivity contribution in [3.8, 4) is 0 Å². The minimum absolute atomic E-state index is 0.184. The van der Waals surface area contributed by atoms with Crippen molar-refractivity contribution in [3.05, 3.63) is 53.1 Å². The summed E-state index contributed by atoms with van der Waals surface area (Å²) in [6.07, 6.45) is -1.83. The predicted octanol–water partition coefficient (Wildman–Crippen LogP) is 5.95. The summed E-state index contributed by atoms with van der Waals surface area (Å²) in [6, 6.07) is 4.96. The summed E-state index contributed by atoms with van der Waals surface area (Å²) < 4.78 is 46.3. The molecule has 170 valence electrons. The highest BCUT2D eigenvalue weighted by Gasteiger charge is 2.36. The topological polar surface area (TPSA) is 47.4 Å². The summed E-state index contributed by atoms with van der Waals surface area (Å²) in [5.41, 5.74) is 1.43. The second kappa shape index (κ2) is 8.55. The number of aromatic nitrogens is 2. The average Bonchev–Trinajstić information content (AvgIpc) is 3.09. The highest BCUT2D eigenvalue weighted by atomic mass is 19.4. The molecule has 2 aromatic rings. The minimum atomic E-state index is -4.35. The SMILES string of the molecule is CC(C)c1ncn2c1C(CCc1ccc(C(F)(F)F)cc1)N(C(=O)OC(C)(C)C)CC2. The van der Waals surface area contributed by atoms with Gasteiger partial charge in [0.15, 0.2) is 0 Å². The molecule has 0 bridgehead atoms. The van der Waals surface area contributed by atoms with Gasteiger partial charge in [0.05, 0.1) is 29.3 Å². The Morgan fingerprint density at radius 3 is 2.35 bits per heavy atom. The first-order valence-corrected chi connectivity index (χ1v) is 10.6. The monoisotopic (exact) mass is 437 g/mol. The van der Waals surface area contributed by atoms with Crippen molar-refractivity contribution in [1.29, 1.82) is 0 Å². The molecule has 0 saturated heterocycles. The smallest absolute Gasteiger partial charge is 0.416 e. The summed E-state index contributed by atoms with van der Waals surface area (Å²) in [5, 5.41) is 0. The molecule has 0 aliphatic carbocycles. The van der Waals surface area contributed by atoms with Crippen molar-refractivity contribution in [2.24, 2.45) is 0 Å². The van der Waals surface area contributed by atoms with E-state index in [2.05, 4.69) is 23.4 Å². The Bertz CT molecular complexity index is 912. The van der Waals surface area contributed by atoms with Crippen LogP contribution in [0.5, 0.6) is 0 Å². The Balaban J connectivity index is 1.87. The lowest BCUT2D eigenvalue weighted by Gasteiger charge is -2.38. The van der Waals surface area contributed by atoms with Crippen LogP contribution in [0, 0.1) is 0 Å². The number of fused-ring (bicyclic) bond motifs is 1. The molecule has 0 saturated carbocycles. The maximum Gasteiger partial charge on any atom is 0.416 e. The molecular weight excluding hydrogens is 407 g/mol. The molecule has 5 nitrogen and oxygen atoms in total. The number of halogens is 3. The lowest BCUT2D eigenvalue weighted by molar-refractivity contribution is -0.137. The molecule has 0 N–H and O–H groups in total. The zero-order chi connectivity index (χ0) is 23.0. The van der Waals surface area contributed by atoms with Crippen LogP contribution in [0.2, 0.25) is 0 Å². The molecule has 1 aromatic heterocycles. The van der Waals surface area contributed by atoms with E-state index < -0.39 is 17.3 Å². The van der Waals surface area contributed by atoms with Crippen molar-refractivity contribution < 1.29 is 22.7 Å². The standard InChI is InChI=1S/C23H30F3N3O2/c1-15(2)19-20-18(11-8-16-6-9-17(10-7-16)23(24,25)26)29(13-12-28(20)14-27-19)21(30)31-22(3,4)5/h6-7,9-10,14-15,18H,8,11-13H2,1-5H3. The number of alkyl halides is 3. The molecule has 1 atom stereocenters. The first kappa shape index (κ1) is 23.2. The number of carbonyl (C=O) groups is 1. The van der Waals surface area contributed by atoms with Gasteiger partial charge in [0.2, 0.25) is 0 Å². The molecule has 0 radical (unpaired) electrons. The van der Waals surface area contributed by atoms with Gasteiger partial charge in [-0.25, -0.2) is 9.78 Å². The Labute approximate surface area is 181 Å². The largest absolute Gasteiger partial charge is 0.444 e. The fourth-order valence-corrected chi connectivity index (χ4v) is 3.91. The predicted molar refractivity (Wildman–Crippen MR) is 112 cm³/mol. The van der Waals surface area contributed by atoms with Crippen LogP contribution in [-0.4, -0.2) is 32.7 Å². The number of amides is 1. The van der Waals surface area contributed by atoms with Gasteiger partial charge >= 0.3 is 12.3 Å². The third-order valence-electron chi connectivity index (χ3n) is 5.34. The summed E-state index contributed by atoms with van der Waals surface area (Å²) in [7, 11) is 0. The first-order chi connectivity index (χ1) is 14.4. The van der Waals surface area contributed by atoms with Gasteiger partial charge < -0.3 is 9.30 Å². The molecule has 1 aliphatic rings. The number of nitrogens with zero attached hydrogens (tertiary/aromatic N) is 3. The number of rotatable bonds is 4. The van der Waals surface area contributed by atoms with Crippen LogP contribution in [-0.2, 0) is 23.9 Å². The third kappa shape index (κ3) is 5.40. The number of hydrogen-bond donors (Lipinski definition) is 0. The summed E-state index contributed by atoms with van der Waals surface area (Å²) in [5.74, 6) is 0.184. The lowest BCUT2D eigenvalue weighted by atomic mass is 9.95. The zero-order valence-electron chi connectivity index (χ0n) is 18.7. The molecule has 1 unspecified atom stereocenters. The van der Waals surface area contributed by atoms with Crippen LogP contribution in [0.4, 0.5) is 18.0 Å². The molecule has 1 aliphatic heterocycles. The van der Waals surface area contributed by atoms with E-state index in [1.807, 2.05) is 27.1 Å². The highest BCUT2D eigenvalue weighted by molar-refractivity contribution is 5.69. The molecule has 8 heteroatoms. The normalized spacial score (nSPS) is 17.1. The molecule has 0 fully saturated rings. The Hall–Kier alpha value is -2.51. The van der Waals surface area contributed by atoms with Gasteiger partial charge in [-0.3, -0.25) is 4.90 Å². The summed E-state index contributed by atoms with van der Waals surface area (Å²) in [6.45, 7) is 10.7. The molecule has 0 spiro atoms. The molecule has 1 amide bonds. The van der Waals surface area contributed by atoms with Crippen LogP contribution < -0.4 is 0 Å². The van der Waals surface area contributed by atoms with Gasteiger partial charge in [0, 0.05) is 13.1 Å². The fraction of sp³-hybridized carbons (Fsp3) is 0.565. The van der Waals surface area contributed by atoms with Crippen molar-refractivity contribution in [3.63, 3.8) is 0 Å². The van der Waals surface area contributed by atoms with Crippen molar-refractivity contribution in [1.82, 2.24) is 14.5 Å². The number of ether oxygens (including phenoxy) is 1. The number of carbonyl (C=O) groups excluding carboxylic acids is 1. The third-order valence-corrected chi connectivity index (χ3v) is 5.34. The Kier molecular flexibility index (Phi) is 6.39. The van der Waals surface area contributed by atoms with E-state index in [0.29, 0.717) is 25.9 Å². The number of hydrogen-bond acceptors (Lipinski definition) is 3. The van der Waals surface area contributed by atoms with Gasteiger partial charge in [-0.1, -0.05) is 26.0 Å². The van der Waals surface area contributed by atoms with Gasteiger partial charge in [0.25, 0.3) is 0 Å². The summed E-state index contributed by atoms with van der Waals surface area (Å²) in [4.78, 5) is 19.3. The molecule has 1 aromatic carbocycles. The van der Waals surface area contributed by atoms with Crippen LogP contribution in [0.3, 0.4) is 0 Å². The van der Waals surface area contributed by atoms with E-state index >= 15 is 0 Å². The highest BCUT2D eigenvalue weighted by Crippen LogP contribution is 2.36. The van der Waals surface area contributed by atoms with E-state index in [-0.39, 0.29) is 18.1 Å². The van der Waals surface area contributed by atoms with E-state index in [1.54, 1.807) is 4.90 Å². The van der Waals surface area contributed by atoms with Crippen LogP contribution >= 0.6 is 0 Å². The first-order valence-electron chi connectivity index (χ1n) is 10.6. The van der Waals surface area contributed by atoms with E-state index in [1.165, 1.54) is 12.1 Å². The van der Waals surface area contributed by atoms with E-state index in [0.717, 1.165) is 29.1 Å². The second-order valence-electron chi connectivity index (χ2n) is 9.29. The van der Waals surface area contributed by atoms with Crippen molar-refractivity contribution in [2.75, 3.05) is 6.54 Å². The van der Waals surface area contributed by atoms with E-state index in [9.17, 15) is 18.0 Å². The Morgan fingerprint density at radius 2 is 1.81 bits per heavy atom. The number of aryl methyl sites for hydroxylation is 1. The van der Waals surface area contributed by atoms with Crippen molar-refractivity contribution in [2.45, 2.75) is 77.7 Å². The number of benzene rings is 1. The fourth-order valence-electron chi connectivity index (χ4n) is 3.91. The lowest BCUT2D eigenvalue weighted by Crippen LogP contribution is -2.45. The minimum Gasteiger partial charge on any atom is -0.444 e. The second-order valence-corrected chi connectivity index (χ2v) is 9.29. The van der Waals surface area contributed by atoms with Crippen LogP contribution in [0.25, 0.3) is 0 Å².